The van der Waals surface area contributed by atoms with Gasteiger partial charge in [-0.1, -0.05) is 17.7 Å². The van der Waals surface area contributed by atoms with E-state index < -0.39 is 21.8 Å². The highest BCUT2D eigenvalue weighted by Crippen LogP contribution is 2.36. The first-order valence-corrected chi connectivity index (χ1v) is 15.7. The molecule has 220 valence electrons. The van der Waals surface area contributed by atoms with E-state index in [1.54, 1.807) is 22.4 Å². The number of ether oxygens (including phenoxy) is 1. The first-order valence-electron chi connectivity index (χ1n) is 13.0. The molecule has 0 atom stereocenters. The van der Waals surface area contributed by atoms with Gasteiger partial charge in [-0.05, 0) is 49.2 Å². The lowest BCUT2D eigenvalue weighted by atomic mass is 9.99. The summed E-state index contributed by atoms with van der Waals surface area (Å²) in [4.78, 5) is 21.3. The van der Waals surface area contributed by atoms with E-state index in [1.165, 1.54) is 41.0 Å². The molecule has 0 bridgehead atoms. The van der Waals surface area contributed by atoms with Crippen molar-refractivity contribution in [2.24, 2.45) is 0 Å². The van der Waals surface area contributed by atoms with E-state index >= 15 is 0 Å². The highest BCUT2D eigenvalue weighted by atomic mass is 35.5. The zero-order chi connectivity index (χ0) is 29.4. The molecule has 41 heavy (non-hydrogen) atoms. The molecular weight excluding hydrogens is 601 g/mol. The van der Waals surface area contributed by atoms with Crippen LogP contribution in [0.4, 0.5) is 18.9 Å². The van der Waals surface area contributed by atoms with Crippen LogP contribution < -0.4 is 9.64 Å². The van der Waals surface area contributed by atoms with Crippen molar-refractivity contribution in [3.05, 3.63) is 69.1 Å². The van der Waals surface area contributed by atoms with Crippen molar-refractivity contribution in [3.63, 3.8) is 0 Å². The molecule has 2 aromatic carbocycles. The molecule has 0 unspecified atom stereocenters. The van der Waals surface area contributed by atoms with E-state index in [0.717, 1.165) is 17.1 Å². The van der Waals surface area contributed by atoms with Crippen molar-refractivity contribution in [3.8, 4) is 5.75 Å². The monoisotopic (exact) mass is 628 g/mol. The summed E-state index contributed by atoms with van der Waals surface area (Å²) in [6.45, 7) is 2.14. The maximum absolute atomic E-state index is 13.3. The predicted molar refractivity (Wildman–Crippen MR) is 150 cm³/mol. The summed E-state index contributed by atoms with van der Waals surface area (Å²) in [5, 5.41) is 2.81. The second-order valence-electron chi connectivity index (χ2n) is 9.87. The molecule has 3 aromatic rings. The maximum atomic E-state index is 13.3. The van der Waals surface area contributed by atoms with E-state index in [-0.39, 0.29) is 22.5 Å². The topological polar surface area (TPSA) is 83.0 Å². The van der Waals surface area contributed by atoms with Gasteiger partial charge in [0.15, 0.2) is 0 Å². The number of benzene rings is 2. The number of methoxy groups -OCH3 is 1. The van der Waals surface area contributed by atoms with Crippen LogP contribution in [-0.4, -0.2) is 74.9 Å². The number of anilines is 1. The summed E-state index contributed by atoms with van der Waals surface area (Å²) >= 11 is 7.43. The third-order valence-electron chi connectivity index (χ3n) is 7.39. The summed E-state index contributed by atoms with van der Waals surface area (Å²) in [5.74, 6) is 0.0338. The number of piperidine rings is 1. The standard InChI is InChI=1S/C27H28ClF3N4O4S2/c1-39-23-6-5-20(28)16-24(23)41(37,38)35-9-7-18(8-10-35)25-32-22(17-40-25)26(36)34-13-11-33(12-14-34)21-4-2-3-19(15-21)27(29,30)31/h2-6,15-18H,7-14H2,1H3. The summed E-state index contributed by atoms with van der Waals surface area (Å²) < 4.78 is 72.5. The van der Waals surface area contributed by atoms with Crippen molar-refractivity contribution in [1.29, 1.82) is 0 Å². The van der Waals surface area contributed by atoms with Crippen LogP contribution in [0.15, 0.2) is 52.7 Å². The molecule has 14 heteroatoms. The minimum atomic E-state index is -4.41. The number of rotatable bonds is 6. The first-order chi connectivity index (χ1) is 19.5. The Balaban J connectivity index is 1.18. The van der Waals surface area contributed by atoms with Gasteiger partial charge in [0.1, 0.15) is 16.3 Å². The summed E-state index contributed by atoms with van der Waals surface area (Å²) in [6, 6.07) is 9.70. The first kappa shape index (κ1) is 29.6. The van der Waals surface area contributed by atoms with Gasteiger partial charge in [-0.2, -0.15) is 17.5 Å². The summed E-state index contributed by atoms with van der Waals surface area (Å²) in [5.41, 5.74) is 0.109. The van der Waals surface area contributed by atoms with E-state index in [1.807, 2.05) is 4.90 Å². The third kappa shape index (κ3) is 6.32. The van der Waals surface area contributed by atoms with Gasteiger partial charge >= 0.3 is 6.18 Å². The molecule has 0 aliphatic carbocycles. The largest absolute Gasteiger partial charge is 0.495 e. The van der Waals surface area contributed by atoms with Crippen molar-refractivity contribution in [1.82, 2.24) is 14.2 Å². The second kappa shape index (κ2) is 11.8. The molecule has 3 heterocycles. The van der Waals surface area contributed by atoms with E-state index in [9.17, 15) is 26.4 Å². The summed E-state index contributed by atoms with van der Waals surface area (Å²) in [6.07, 6.45) is -3.30. The Kier molecular flexibility index (Phi) is 8.51. The zero-order valence-corrected chi connectivity index (χ0v) is 24.5. The van der Waals surface area contributed by atoms with Crippen LogP contribution in [0.1, 0.15) is 39.8 Å². The Hall–Kier alpha value is -2.87. The zero-order valence-electron chi connectivity index (χ0n) is 22.1. The number of hydrogen-bond donors (Lipinski definition) is 0. The van der Waals surface area contributed by atoms with Crippen LogP contribution >= 0.6 is 22.9 Å². The molecule has 2 aliphatic heterocycles. The Morgan fingerprint density at radius 2 is 1.76 bits per heavy atom. The number of carbonyl (C=O) groups is 1. The van der Waals surface area contributed by atoms with Gasteiger partial charge < -0.3 is 14.5 Å². The van der Waals surface area contributed by atoms with Gasteiger partial charge in [-0.15, -0.1) is 11.3 Å². The number of alkyl halides is 3. The number of piperazine rings is 1. The number of carbonyl (C=O) groups excluding carboxylic acids is 1. The number of nitrogens with zero attached hydrogens (tertiary/aromatic N) is 4. The molecule has 0 radical (unpaired) electrons. The van der Waals surface area contributed by atoms with E-state index in [4.69, 9.17) is 16.3 Å². The highest BCUT2D eigenvalue weighted by Gasteiger charge is 2.34. The fourth-order valence-electron chi connectivity index (χ4n) is 5.12. The molecule has 1 aromatic heterocycles. The van der Waals surface area contributed by atoms with E-state index in [2.05, 4.69) is 4.98 Å². The fraction of sp³-hybridized carbons (Fsp3) is 0.407. The molecule has 8 nitrogen and oxygen atoms in total. The van der Waals surface area contributed by atoms with Crippen LogP contribution in [-0.2, 0) is 16.2 Å². The average Bonchev–Trinajstić information content (AvgIpc) is 3.47. The Morgan fingerprint density at radius 3 is 2.41 bits per heavy atom. The lowest BCUT2D eigenvalue weighted by molar-refractivity contribution is -0.137. The lowest BCUT2D eigenvalue weighted by Gasteiger charge is -2.36. The van der Waals surface area contributed by atoms with Gasteiger partial charge in [0.05, 0.1) is 17.7 Å². The molecule has 2 fully saturated rings. The smallest absolute Gasteiger partial charge is 0.416 e. The minimum Gasteiger partial charge on any atom is -0.495 e. The Labute approximate surface area is 245 Å². The van der Waals surface area contributed by atoms with Crippen molar-refractivity contribution >= 4 is 44.6 Å². The van der Waals surface area contributed by atoms with Crippen LogP contribution in [0.25, 0.3) is 0 Å². The molecule has 0 N–H and O–H groups in total. The molecular formula is C27H28ClF3N4O4S2. The van der Waals surface area contributed by atoms with Crippen molar-refractivity contribution in [2.45, 2.75) is 29.8 Å². The number of thiazole rings is 1. The van der Waals surface area contributed by atoms with Gasteiger partial charge in [0.2, 0.25) is 10.0 Å². The predicted octanol–water partition coefficient (Wildman–Crippen LogP) is 5.35. The van der Waals surface area contributed by atoms with Crippen LogP contribution in [0.2, 0.25) is 5.02 Å². The highest BCUT2D eigenvalue weighted by molar-refractivity contribution is 7.89. The second-order valence-corrected chi connectivity index (χ2v) is 13.1. The number of hydrogen-bond acceptors (Lipinski definition) is 7. The van der Waals surface area contributed by atoms with Crippen molar-refractivity contribution < 1.29 is 31.1 Å². The summed E-state index contributed by atoms with van der Waals surface area (Å²) in [7, 11) is -2.39. The molecule has 1 amide bonds. The maximum Gasteiger partial charge on any atom is 0.416 e. The van der Waals surface area contributed by atoms with Gasteiger partial charge in [-0.25, -0.2) is 13.4 Å². The van der Waals surface area contributed by atoms with Crippen LogP contribution in [0.5, 0.6) is 5.75 Å². The quantitative estimate of drug-likeness (QED) is 0.366. The third-order valence-corrected chi connectivity index (χ3v) is 10.6. The van der Waals surface area contributed by atoms with E-state index in [0.29, 0.717) is 68.5 Å². The van der Waals surface area contributed by atoms with Crippen LogP contribution in [0.3, 0.4) is 0 Å². The van der Waals surface area contributed by atoms with Crippen molar-refractivity contribution in [2.75, 3.05) is 51.3 Å². The normalized spacial score (nSPS) is 17.6. The number of aromatic nitrogens is 1. The molecule has 5 rings (SSSR count). The van der Waals surface area contributed by atoms with Crippen LogP contribution in [0, 0.1) is 0 Å². The number of halogens is 4. The average molecular weight is 629 g/mol. The molecule has 2 aliphatic rings. The molecule has 2 saturated heterocycles. The number of amides is 1. The SMILES string of the molecule is COc1ccc(Cl)cc1S(=O)(=O)N1CCC(c2nc(C(=O)N3CCN(c4cccc(C(F)(F)F)c4)CC3)cs2)CC1. The Bertz CT molecular complexity index is 1520. The van der Waals surface area contributed by atoms with Gasteiger partial charge in [0.25, 0.3) is 5.91 Å². The van der Waals surface area contributed by atoms with Gasteiger partial charge in [-0.3, -0.25) is 4.79 Å². The van der Waals surface area contributed by atoms with Gasteiger partial charge in [0, 0.05) is 61.3 Å². The minimum absolute atomic E-state index is 0.0204. The number of sulfonamides is 1. The fourth-order valence-corrected chi connectivity index (χ4v) is 7.97. The Morgan fingerprint density at radius 1 is 1.05 bits per heavy atom. The molecule has 0 spiro atoms. The molecule has 0 saturated carbocycles. The lowest BCUT2D eigenvalue weighted by Crippen LogP contribution is -2.49.